The van der Waals surface area contributed by atoms with Crippen molar-refractivity contribution in [3.05, 3.63) is 16.8 Å². The molecule has 0 bridgehead atoms. The molecule has 1 atom stereocenters. The van der Waals surface area contributed by atoms with Crippen molar-refractivity contribution < 1.29 is 14.6 Å². The Hall–Kier alpha value is -1.40. The molecular weight excluding hydrogens is 240 g/mol. The molecule has 1 N–H and O–H groups in total. The van der Waals surface area contributed by atoms with E-state index in [0.717, 1.165) is 35.7 Å². The highest BCUT2D eigenvalue weighted by molar-refractivity contribution is 7.20. The van der Waals surface area contributed by atoms with Gasteiger partial charge < -0.3 is 14.4 Å². The van der Waals surface area contributed by atoms with Gasteiger partial charge in [0.1, 0.15) is 15.5 Å². The molecule has 3 rings (SSSR count). The summed E-state index contributed by atoms with van der Waals surface area (Å²) in [5.41, 5.74) is 0.903. The number of imidazole rings is 1. The van der Waals surface area contributed by atoms with Gasteiger partial charge in [-0.25, -0.2) is 9.78 Å². The minimum absolute atomic E-state index is 0.249. The van der Waals surface area contributed by atoms with E-state index in [4.69, 9.17) is 9.84 Å². The minimum atomic E-state index is -0.892. The van der Waals surface area contributed by atoms with Crippen molar-refractivity contribution in [3.8, 4) is 0 Å². The molecular formula is C11H12N2O3S. The van der Waals surface area contributed by atoms with Crippen molar-refractivity contribution in [2.45, 2.75) is 26.0 Å². The molecule has 1 aliphatic rings. The van der Waals surface area contributed by atoms with Crippen molar-refractivity contribution in [2.24, 2.45) is 0 Å². The number of nitrogens with zero attached hydrogens (tertiary/aromatic N) is 2. The lowest BCUT2D eigenvalue weighted by Crippen LogP contribution is -2.31. The van der Waals surface area contributed by atoms with Crippen LogP contribution >= 0.6 is 11.3 Å². The fraction of sp³-hybridized carbons (Fsp3) is 0.455. The van der Waals surface area contributed by atoms with Gasteiger partial charge in [-0.2, -0.15) is 0 Å². The first kappa shape index (κ1) is 10.7. The Bertz CT molecular complexity index is 583. The molecule has 17 heavy (non-hydrogen) atoms. The highest BCUT2D eigenvalue weighted by Gasteiger charge is 2.22. The number of ether oxygens (including phenoxy) is 1. The van der Waals surface area contributed by atoms with E-state index in [9.17, 15) is 4.79 Å². The van der Waals surface area contributed by atoms with Crippen LogP contribution in [0.5, 0.6) is 0 Å². The van der Waals surface area contributed by atoms with Gasteiger partial charge in [0.05, 0.1) is 18.2 Å². The number of hydrogen-bond donors (Lipinski definition) is 1. The maximum Gasteiger partial charge on any atom is 0.346 e. The summed E-state index contributed by atoms with van der Waals surface area (Å²) in [5, 5.41) is 8.95. The average Bonchev–Trinajstić information content (AvgIpc) is 2.70. The quantitative estimate of drug-likeness (QED) is 0.906. The Balaban J connectivity index is 2.01. The zero-order valence-corrected chi connectivity index (χ0v) is 10.2. The van der Waals surface area contributed by atoms with E-state index in [2.05, 4.69) is 4.98 Å². The van der Waals surface area contributed by atoms with Crippen LogP contribution in [-0.4, -0.2) is 33.3 Å². The van der Waals surface area contributed by atoms with E-state index in [1.165, 1.54) is 11.3 Å². The Labute approximate surface area is 102 Å². The van der Waals surface area contributed by atoms with Crippen LogP contribution in [0, 0.1) is 6.92 Å². The maximum absolute atomic E-state index is 10.9. The van der Waals surface area contributed by atoms with Gasteiger partial charge in [-0.1, -0.05) is 0 Å². The predicted molar refractivity (Wildman–Crippen MR) is 63.7 cm³/mol. The molecule has 0 amide bonds. The number of carboxylic acids is 1. The second-order valence-corrected chi connectivity index (χ2v) is 5.19. The number of aromatic carboxylic acids is 1. The summed E-state index contributed by atoms with van der Waals surface area (Å²) in [4.78, 5) is 16.4. The van der Waals surface area contributed by atoms with E-state index in [1.807, 2.05) is 11.5 Å². The molecule has 0 saturated carbocycles. The van der Waals surface area contributed by atoms with E-state index in [1.54, 1.807) is 6.07 Å². The zero-order valence-electron chi connectivity index (χ0n) is 9.34. The number of carboxylic acid groups (broad SMARTS) is 1. The van der Waals surface area contributed by atoms with Crippen LogP contribution in [0.1, 0.15) is 21.9 Å². The fourth-order valence-corrected chi connectivity index (χ4v) is 2.91. The molecule has 6 heteroatoms. The summed E-state index contributed by atoms with van der Waals surface area (Å²) >= 11 is 1.22. The molecule has 0 spiro atoms. The molecule has 2 aromatic heterocycles. The van der Waals surface area contributed by atoms with Crippen LogP contribution in [0.3, 0.4) is 0 Å². The SMILES string of the molecule is Cc1nc2sc(C(=O)O)cc2n1CC1CCO1. The third kappa shape index (κ3) is 1.73. The second kappa shape index (κ2) is 3.82. The lowest BCUT2D eigenvalue weighted by atomic mass is 10.2. The highest BCUT2D eigenvalue weighted by atomic mass is 32.1. The molecule has 3 heterocycles. The number of carbonyl (C=O) groups is 1. The molecule has 2 aromatic rings. The van der Waals surface area contributed by atoms with Gasteiger partial charge in [0.25, 0.3) is 0 Å². The number of rotatable bonds is 3. The Kier molecular flexibility index (Phi) is 2.41. The Morgan fingerprint density at radius 2 is 2.53 bits per heavy atom. The first-order chi connectivity index (χ1) is 8.15. The normalized spacial score (nSPS) is 19.5. The van der Waals surface area contributed by atoms with Crippen LogP contribution < -0.4 is 0 Å². The first-order valence-corrected chi connectivity index (χ1v) is 6.28. The monoisotopic (exact) mass is 252 g/mol. The molecule has 0 aromatic carbocycles. The van der Waals surface area contributed by atoms with E-state index >= 15 is 0 Å². The summed E-state index contributed by atoms with van der Waals surface area (Å²) in [5.74, 6) is 0.0239. The maximum atomic E-state index is 10.9. The molecule has 0 radical (unpaired) electrons. The molecule has 1 fully saturated rings. The summed E-state index contributed by atoms with van der Waals surface area (Å²) in [6.07, 6.45) is 1.31. The van der Waals surface area contributed by atoms with Crippen molar-refractivity contribution in [2.75, 3.05) is 6.61 Å². The smallest absolute Gasteiger partial charge is 0.346 e. The topological polar surface area (TPSA) is 64.3 Å². The average molecular weight is 252 g/mol. The molecule has 5 nitrogen and oxygen atoms in total. The van der Waals surface area contributed by atoms with Crippen LogP contribution in [-0.2, 0) is 11.3 Å². The third-order valence-electron chi connectivity index (χ3n) is 3.03. The Morgan fingerprint density at radius 1 is 1.76 bits per heavy atom. The van der Waals surface area contributed by atoms with Crippen LogP contribution in [0.15, 0.2) is 6.07 Å². The number of fused-ring (bicyclic) bond motifs is 1. The zero-order chi connectivity index (χ0) is 12.0. The van der Waals surface area contributed by atoms with Gasteiger partial charge >= 0.3 is 5.97 Å². The highest BCUT2D eigenvalue weighted by Crippen LogP contribution is 2.27. The first-order valence-electron chi connectivity index (χ1n) is 5.46. The summed E-state index contributed by atoms with van der Waals surface area (Å²) < 4.78 is 7.44. The summed E-state index contributed by atoms with van der Waals surface area (Å²) in [6, 6.07) is 1.70. The van der Waals surface area contributed by atoms with Crippen LogP contribution in [0.4, 0.5) is 0 Å². The fourth-order valence-electron chi connectivity index (χ4n) is 1.99. The molecule has 1 unspecified atom stereocenters. The number of hydrogen-bond acceptors (Lipinski definition) is 4. The minimum Gasteiger partial charge on any atom is -0.477 e. The van der Waals surface area contributed by atoms with Crippen molar-refractivity contribution in [1.82, 2.24) is 9.55 Å². The molecule has 90 valence electrons. The largest absolute Gasteiger partial charge is 0.477 e. The van der Waals surface area contributed by atoms with E-state index < -0.39 is 5.97 Å². The molecule has 0 aliphatic carbocycles. The Morgan fingerprint density at radius 3 is 3.12 bits per heavy atom. The van der Waals surface area contributed by atoms with E-state index in [-0.39, 0.29) is 6.10 Å². The number of aromatic nitrogens is 2. The number of aryl methyl sites for hydroxylation is 1. The van der Waals surface area contributed by atoms with E-state index in [0.29, 0.717) is 4.88 Å². The van der Waals surface area contributed by atoms with Crippen molar-refractivity contribution >= 4 is 27.7 Å². The van der Waals surface area contributed by atoms with Crippen molar-refractivity contribution in [1.29, 1.82) is 0 Å². The van der Waals surface area contributed by atoms with Crippen LogP contribution in [0.25, 0.3) is 10.3 Å². The summed E-state index contributed by atoms with van der Waals surface area (Å²) in [6.45, 7) is 3.52. The lowest BCUT2D eigenvalue weighted by Gasteiger charge is -2.27. The molecule has 1 saturated heterocycles. The lowest BCUT2D eigenvalue weighted by molar-refractivity contribution is -0.0589. The van der Waals surface area contributed by atoms with Gasteiger partial charge in [-0.3, -0.25) is 0 Å². The standard InChI is InChI=1S/C11H12N2O3S/c1-6-12-10-8(4-9(17-10)11(14)15)13(6)5-7-2-3-16-7/h4,7H,2-3,5H2,1H3,(H,14,15). The second-order valence-electron chi connectivity index (χ2n) is 4.16. The van der Waals surface area contributed by atoms with Gasteiger partial charge in [0.2, 0.25) is 0 Å². The molecule has 1 aliphatic heterocycles. The van der Waals surface area contributed by atoms with Gasteiger partial charge in [0.15, 0.2) is 0 Å². The van der Waals surface area contributed by atoms with Gasteiger partial charge in [-0.15, -0.1) is 11.3 Å². The van der Waals surface area contributed by atoms with Gasteiger partial charge in [0, 0.05) is 6.61 Å². The third-order valence-corrected chi connectivity index (χ3v) is 4.03. The summed E-state index contributed by atoms with van der Waals surface area (Å²) in [7, 11) is 0. The predicted octanol–water partition coefficient (Wildman–Crippen LogP) is 1.89. The van der Waals surface area contributed by atoms with Crippen LogP contribution in [0.2, 0.25) is 0 Å². The van der Waals surface area contributed by atoms with Crippen molar-refractivity contribution in [3.63, 3.8) is 0 Å². The number of thiophene rings is 1. The van der Waals surface area contributed by atoms with Gasteiger partial charge in [-0.05, 0) is 19.4 Å².